The van der Waals surface area contributed by atoms with Gasteiger partial charge in [-0.1, -0.05) is 17.8 Å². The van der Waals surface area contributed by atoms with Crippen molar-refractivity contribution in [2.75, 3.05) is 0 Å². The van der Waals surface area contributed by atoms with Gasteiger partial charge in [-0.15, -0.1) is 5.10 Å². The predicted octanol–water partition coefficient (Wildman–Crippen LogP) is 1.30. The lowest BCUT2D eigenvalue weighted by Gasteiger charge is -1.87. The Morgan fingerprint density at radius 3 is 3.10 bits per heavy atom. The van der Waals surface area contributed by atoms with Crippen LogP contribution in [0.4, 0.5) is 0 Å². The molecule has 4 heteroatoms. The van der Waals surface area contributed by atoms with Crippen molar-refractivity contribution in [2.45, 2.75) is 19.8 Å². The second-order valence-electron chi connectivity index (χ2n) is 1.95. The molecule has 3 nitrogen and oxygen atoms in total. The third-order valence-electron chi connectivity index (χ3n) is 1.18. The number of hydrogen-bond donors (Lipinski definition) is 0. The summed E-state index contributed by atoms with van der Waals surface area (Å²) in [6.45, 7) is 2.05. The molecule has 1 aromatic heterocycles. The van der Waals surface area contributed by atoms with E-state index in [0.29, 0.717) is 4.88 Å². The van der Waals surface area contributed by atoms with Crippen LogP contribution in [0.2, 0.25) is 0 Å². The lowest BCUT2D eigenvalue weighted by molar-refractivity contribution is 0.112. The van der Waals surface area contributed by atoms with E-state index in [2.05, 4.69) is 9.59 Å². The van der Waals surface area contributed by atoms with Crippen LogP contribution in [0.5, 0.6) is 0 Å². The number of aromatic nitrogens is 2. The molecule has 0 aliphatic rings. The molecule has 0 saturated carbocycles. The van der Waals surface area contributed by atoms with E-state index in [1.807, 2.05) is 6.92 Å². The number of carbonyl (C=O) groups excluding carboxylic acids is 1. The maximum atomic E-state index is 10.3. The molecule has 0 radical (unpaired) electrons. The van der Waals surface area contributed by atoms with Crippen molar-refractivity contribution in [3.8, 4) is 0 Å². The fourth-order valence-electron chi connectivity index (χ4n) is 0.715. The summed E-state index contributed by atoms with van der Waals surface area (Å²) in [6, 6.07) is 0. The van der Waals surface area contributed by atoms with Crippen LogP contribution >= 0.6 is 11.5 Å². The molecule has 10 heavy (non-hydrogen) atoms. The zero-order valence-electron chi connectivity index (χ0n) is 5.70. The molecule has 0 saturated heterocycles. The first-order valence-corrected chi connectivity index (χ1v) is 3.92. The third-order valence-corrected chi connectivity index (χ3v) is 1.87. The highest BCUT2D eigenvalue weighted by Crippen LogP contribution is 2.08. The summed E-state index contributed by atoms with van der Waals surface area (Å²) in [5.41, 5.74) is 0.836. The van der Waals surface area contributed by atoms with Crippen molar-refractivity contribution in [3.63, 3.8) is 0 Å². The molecule has 54 valence electrons. The minimum atomic E-state index is 0.668. The maximum Gasteiger partial charge on any atom is 0.163 e. The quantitative estimate of drug-likeness (QED) is 0.619. The molecule has 0 aromatic carbocycles. The second kappa shape index (κ2) is 3.41. The molecule has 0 aliphatic carbocycles. The number of rotatable bonds is 3. The van der Waals surface area contributed by atoms with Gasteiger partial charge >= 0.3 is 0 Å². The number of hydrogen-bond acceptors (Lipinski definition) is 4. The Balaban J connectivity index is 2.79. The Morgan fingerprint density at radius 1 is 1.70 bits per heavy atom. The molecule has 0 amide bonds. The molecule has 0 spiro atoms. The summed E-state index contributed by atoms with van der Waals surface area (Å²) in [7, 11) is 0. The predicted molar refractivity (Wildman–Crippen MR) is 39.3 cm³/mol. The average Bonchev–Trinajstić information content (AvgIpc) is 2.36. The summed E-state index contributed by atoms with van der Waals surface area (Å²) in [5.74, 6) is 0. The van der Waals surface area contributed by atoms with Crippen molar-refractivity contribution in [1.29, 1.82) is 0 Å². The van der Waals surface area contributed by atoms with Gasteiger partial charge < -0.3 is 0 Å². The normalized spacial score (nSPS) is 9.70. The molecule has 0 unspecified atom stereocenters. The SMILES string of the molecule is CCCc1nnsc1C=O. The van der Waals surface area contributed by atoms with E-state index < -0.39 is 0 Å². The van der Waals surface area contributed by atoms with Gasteiger partial charge in [0.15, 0.2) is 6.29 Å². The monoisotopic (exact) mass is 156 g/mol. The van der Waals surface area contributed by atoms with Crippen molar-refractivity contribution in [2.24, 2.45) is 0 Å². The number of carbonyl (C=O) groups is 1. The summed E-state index contributed by atoms with van der Waals surface area (Å²) in [6.07, 6.45) is 2.67. The van der Waals surface area contributed by atoms with Crippen molar-refractivity contribution < 1.29 is 4.79 Å². The smallest absolute Gasteiger partial charge is 0.163 e. The highest BCUT2D eigenvalue weighted by molar-refractivity contribution is 7.07. The molecule has 1 heterocycles. The molecule has 0 aliphatic heterocycles. The van der Waals surface area contributed by atoms with Crippen LogP contribution in [0.3, 0.4) is 0 Å². The molecule has 0 bridgehead atoms. The average molecular weight is 156 g/mol. The standard InChI is InChI=1S/C6H8N2OS/c1-2-3-5-6(4-9)10-8-7-5/h4H,2-3H2,1H3. The highest BCUT2D eigenvalue weighted by Gasteiger charge is 2.03. The topological polar surface area (TPSA) is 42.9 Å². The maximum absolute atomic E-state index is 10.3. The van der Waals surface area contributed by atoms with Crippen molar-refractivity contribution in [1.82, 2.24) is 9.59 Å². The van der Waals surface area contributed by atoms with Gasteiger partial charge in [-0.25, -0.2) is 0 Å². The summed E-state index contributed by atoms with van der Waals surface area (Å²) >= 11 is 1.16. The zero-order valence-corrected chi connectivity index (χ0v) is 6.52. The van der Waals surface area contributed by atoms with Crippen molar-refractivity contribution >= 4 is 17.8 Å². The molecule has 1 rings (SSSR count). The fourth-order valence-corrected chi connectivity index (χ4v) is 1.23. The Hall–Kier alpha value is -0.770. The van der Waals surface area contributed by atoms with Crippen LogP contribution in [0.25, 0.3) is 0 Å². The molecule has 0 fully saturated rings. The van der Waals surface area contributed by atoms with Crippen LogP contribution in [0, 0.1) is 0 Å². The van der Waals surface area contributed by atoms with Gasteiger partial charge in [-0.3, -0.25) is 4.79 Å². The first-order chi connectivity index (χ1) is 4.88. The summed E-state index contributed by atoms with van der Waals surface area (Å²) in [4.78, 5) is 11.0. The Morgan fingerprint density at radius 2 is 2.50 bits per heavy atom. The van der Waals surface area contributed by atoms with Crippen LogP contribution in [0.1, 0.15) is 28.7 Å². The van der Waals surface area contributed by atoms with Gasteiger partial charge in [0.1, 0.15) is 4.88 Å². The minimum absolute atomic E-state index is 0.668. The van der Waals surface area contributed by atoms with E-state index in [4.69, 9.17) is 0 Å². The van der Waals surface area contributed by atoms with Crippen LogP contribution < -0.4 is 0 Å². The van der Waals surface area contributed by atoms with E-state index in [0.717, 1.165) is 36.4 Å². The van der Waals surface area contributed by atoms with Crippen LogP contribution in [-0.4, -0.2) is 15.9 Å². The van der Waals surface area contributed by atoms with Gasteiger partial charge in [0.05, 0.1) is 5.69 Å². The van der Waals surface area contributed by atoms with E-state index in [1.54, 1.807) is 0 Å². The van der Waals surface area contributed by atoms with Gasteiger partial charge in [0.2, 0.25) is 0 Å². The lowest BCUT2D eigenvalue weighted by Crippen LogP contribution is -1.87. The second-order valence-corrected chi connectivity index (χ2v) is 2.74. The minimum Gasteiger partial charge on any atom is -0.297 e. The van der Waals surface area contributed by atoms with E-state index in [1.165, 1.54) is 0 Å². The van der Waals surface area contributed by atoms with E-state index >= 15 is 0 Å². The van der Waals surface area contributed by atoms with Gasteiger partial charge in [0.25, 0.3) is 0 Å². The summed E-state index contributed by atoms with van der Waals surface area (Å²) in [5, 5.41) is 3.81. The van der Waals surface area contributed by atoms with Gasteiger partial charge in [-0.05, 0) is 18.0 Å². The fraction of sp³-hybridized carbons (Fsp3) is 0.500. The van der Waals surface area contributed by atoms with Gasteiger partial charge in [-0.2, -0.15) is 0 Å². The molecule has 1 aromatic rings. The number of nitrogens with zero attached hydrogens (tertiary/aromatic N) is 2. The largest absolute Gasteiger partial charge is 0.297 e. The molecular weight excluding hydrogens is 148 g/mol. The van der Waals surface area contributed by atoms with Crippen molar-refractivity contribution in [3.05, 3.63) is 10.6 Å². The van der Waals surface area contributed by atoms with E-state index in [-0.39, 0.29) is 0 Å². The molecule has 0 N–H and O–H groups in total. The molecular formula is C6H8N2OS. The van der Waals surface area contributed by atoms with Gasteiger partial charge in [0, 0.05) is 0 Å². The Labute approximate surface area is 63.2 Å². The van der Waals surface area contributed by atoms with Crippen LogP contribution in [0.15, 0.2) is 0 Å². The number of aryl methyl sites for hydroxylation is 1. The number of aldehydes is 1. The summed E-state index contributed by atoms with van der Waals surface area (Å²) < 4.78 is 3.67. The molecule has 0 atom stereocenters. The zero-order chi connectivity index (χ0) is 7.40. The lowest BCUT2D eigenvalue weighted by atomic mass is 10.2. The van der Waals surface area contributed by atoms with E-state index in [9.17, 15) is 4.79 Å². The first-order valence-electron chi connectivity index (χ1n) is 3.15. The third kappa shape index (κ3) is 1.39. The van der Waals surface area contributed by atoms with Crippen LogP contribution in [-0.2, 0) is 6.42 Å². The first kappa shape index (κ1) is 7.34. The Kier molecular flexibility index (Phi) is 2.50. The Bertz CT molecular complexity index is 221. The highest BCUT2D eigenvalue weighted by atomic mass is 32.1.